The zero-order valence-electron chi connectivity index (χ0n) is 17.8. The lowest BCUT2D eigenvalue weighted by Crippen LogP contribution is -2.39. The summed E-state index contributed by atoms with van der Waals surface area (Å²) in [5.74, 6) is -0.292. The molecule has 1 aliphatic carbocycles. The molecule has 176 valence electrons. The van der Waals surface area contributed by atoms with Crippen molar-refractivity contribution >= 4 is 10.0 Å². The molecule has 3 aromatic rings. The Balaban J connectivity index is 1.53. The van der Waals surface area contributed by atoms with E-state index in [-0.39, 0.29) is 33.9 Å². The maximum Gasteiger partial charge on any atom is 0.387 e. The molecule has 0 bridgehead atoms. The number of hydrogen-bond acceptors (Lipinski definition) is 5. The van der Waals surface area contributed by atoms with Crippen LogP contribution in [0.2, 0.25) is 0 Å². The molecular weight excluding hydrogens is 457 g/mol. The molecule has 0 unspecified atom stereocenters. The number of para-hydroxylation sites is 1. The second kappa shape index (κ2) is 9.52. The van der Waals surface area contributed by atoms with Crippen molar-refractivity contribution in [3.63, 3.8) is 0 Å². The predicted molar refractivity (Wildman–Crippen MR) is 115 cm³/mol. The first-order valence-electron chi connectivity index (χ1n) is 10.5. The number of aryl methyl sites for hydroxylation is 1. The third-order valence-corrected chi connectivity index (χ3v) is 7.28. The molecule has 1 fully saturated rings. The summed E-state index contributed by atoms with van der Waals surface area (Å²) in [7, 11) is -3.99. The SMILES string of the molecule is Cc1nncn1[C@@H]1CCC[C@H](NS(=O)(=O)c2ccc(-c3ccccc3OC(F)F)c(F)c2)C1. The van der Waals surface area contributed by atoms with Crippen LogP contribution in [0.4, 0.5) is 13.2 Å². The molecule has 7 nitrogen and oxygen atoms in total. The van der Waals surface area contributed by atoms with Gasteiger partial charge in [0.2, 0.25) is 10.0 Å². The first-order valence-corrected chi connectivity index (χ1v) is 11.9. The quantitative estimate of drug-likeness (QED) is 0.540. The van der Waals surface area contributed by atoms with Gasteiger partial charge in [-0.1, -0.05) is 18.2 Å². The Kier molecular flexibility index (Phi) is 6.71. The molecule has 11 heteroatoms. The average Bonchev–Trinajstić information content (AvgIpc) is 3.20. The maximum absolute atomic E-state index is 14.9. The van der Waals surface area contributed by atoms with Crippen molar-refractivity contribution in [1.29, 1.82) is 0 Å². The second-order valence-corrected chi connectivity index (χ2v) is 9.65. The van der Waals surface area contributed by atoms with E-state index in [2.05, 4.69) is 19.7 Å². The number of sulfonamides is 1. The van der Waals surface area contributed by atoms with Gasteiger partial charge in [-0.15, -0.1) is 10.2 Å². The van der Waals surface area contributed by atoms with Crippen LogP contribution in [0.5, 0.6) is 5.75 Å². The lowest BCUT2D eigenvalue weighted by Gasteiger charge is -2.30. The molecule has 0 saturated heterocycles. The van der Waals surface area contributed by atoms with Crippen molar-refractivity contribution in [1.82, 2.24) is 19.5 Å². The molecule has 1 aliphatic rings. The van der Waals surface area contributed by atoms with Gasteiger partial charge in [-0.25, -0.2) is 17.5 Å². The highest BCUT2D eigenvalue weighted by molar-refractivity contribution is 7.89. The van der Waals surface area contributed by atoms with Crippen LogP contribution >= 0.6 is 0 Å². The number of alkyl halides is 2. The summed E-state index contributed by atoms with van der Waals surface area (Å²) >= 11 is 0. The fraction of sp³-hybridized carbons (Fsp3) is 0.364. The highest BCUT2D eigenvalue weighted by atomic mass is 32.2. The van der Waals surface area contributed by atoms with Gasteiger partial charge in [0.25, 0.3) is 0 Å². The first-order chi connectivity index (χ1) is 15.7. The summed E-state index contributed by atoms with van der Waals surface area (Å²) in [6.07, 6.45) is 4.58. The van der Waals surface area contributed by atoms with Crippen LogP contribution in [-0.4, -0.2) is 35.8 Å². The zero-order valence-corrected chi connectivity index (χ0v) is 18.6. The number of ether oxygens (including phenoxy) is 1. The summed E-state index contributed by atoms with van der Waals surface area (Å²) < 4.78 is 75.2. The zero-order chi connectivity index (χ0) is 23.6. The van der Waals surface area contributed by atoms with Gasteiger partial charge in [-0.3, -0.25) is 0 Å². The van der Waals surface area contributed by atoms with Gasteiger partial charge < -0.3 is 9.30 Å². The predicted octanol–water partition coefficient (Wildman–Crippen LogP) is 4.46. The smallest absolute Gasteiger partial charge is 0.387 e. The van der Waals surface area contributed by atoms with Crippen LogP contribution in [0.25, 0.3) is 11.1 Å². The van der Waals surface area contributed by atoms with Crippen LogP contribution in [0.15, 0.2) is 53.7 Å². The van der Waals surface area contributed by atoms with Gasteiger partial charge >= 0.3 is 6.61 Å². The van der Waals surface area contributed by atoms with E-state index in [1.54, 1.807) is 12.4 Å². The molecular formula is C22H23F3N4O3S. The van der Waals surface area contributed by atoms with E-state index >= 15 is 0 Å². The van der Waals surface area contributed by atoms with Crippen molar-refractivity contribution in [2.75, 3.05) is 0 Å². The number of nitrogens with zero attached hydrogens (tertiary/aromatic N) is 3. The van der Waals surface area contributed by atoms with Gasteiger partial charge in [0.15, 0.2) is 0 Å². The van der Waals surface area contributed by atoms with Crippen molar-refractivity contribution < 1.29 is 26.3 Å². The Hall–Kier alpha value is -2.92. The molecule has 2 atom stereocenters. The number of halogens is 3. The monoisotopic (exact) mass is 480 g/mol. The van der Waals surface area contributed by atoms with Gasteiger partial charge in [0, 0.05) is 23.2 Å². The van der Waals surface area contributed by atoms with E-state index in [9.17, 15) is 21.6 Å². The molecule has 0 spiro atoms. The van der Waals surface area contributed by atoms with E-state index in [1.807, 2.05) is 11.5 Å². The van der Waals surface area contributed by atoms with Gasteiger partial charge in [0.05, 0.1) is 4.90 Å². The molecule has 1 N–H and O–H groups in total. The fourth-order valence-corrected chi connectivity index (χ4v) is 5.53. The summed E-state index contributed by atoms with van der Waals surface area (Å²) in [4.78, 5) is -0.237. The largest absolute Gasteiger partial charge is 0.434 e. The van der Waals surface area contributed by atoms with Crippen LogP contribution in [0.3, 0.4) is 0 Å². The summed E-state index contributed by atoms with van der Waals surface area (Å²) in [5.41, 5.74) is 0.0673. The molecule has 0 radical (unpaired) electrons. The third-order valence-electron chi connectivity index (χ3n) is 5.76. The maximum atomic E-state index is 14.9. The van der Waals surface area contributed by atoms with Crippen molar-refractivity contribution in [2.45, 2.75) is 56.2 Å². The topological polar surface area (TPSA) is 86.1 Å². The molecule has 1 aromatic heterocycles. The van der Waals surface area contributed by atoms with Gasteiger partial charge in [0.1, 0.15) is 23.7 Å². The third kappa shape index (κ3) is 5.19. The summed E-state index contributed by atoms with van der Waals surface area (Å²) in [5, 5.41) is 7.88. The van der Waals surface area contributed by atoms with E-state index in [0.717, 1.165) is 24.7 Å². The van der Waals surface area contributed by atoms with E-state index in [4.69, 9.17) is 0 Å². The first kappa shape index (κ1) is 23.2. The highest BCUT2D eigenvalue weighted by Gasteiger charge is 2.28. The van der Waals surface area contributed by atoms with Crippen molar-refractivity contribution in [3.8, 4) is 16.9 Å². The van der Waals surface area contributed by atoms with Gasteiger partial charge in [-0.2, -0.15) is 8.78 Å². The minimum absolute atomic E-state index is 0.0361. The molecule has 4 rings (SSSR count). The van der Waals surface area contributed by atoms with Crippen molar-refractivity contribution in [2.24, 2.45) is 0 Å². The molecule has 1 saturated carbocycles. The molecule has 0 aliphatic heterocycles. The Morgan fingerprint density at radius 2 is 1.94 bits per heavy atom. The Bertz CT molecular complexity index is 1230. The number of benzene rings is 2. The van der Waals surface area contributed by atoms with Crippen LogP contribution < -0.4 is 9.46 Å². The van der Waals surface area contributed by atoms with E-state index in [1.165, 1.54) is 30.3 Å². The molecule has 1 heterocycles. The minimum atomic E-state index is -3.99. The molecule has 33 heavy (non-hydrogen) atoms. The summed E-state index contributed by atoms with van der Waals surface area (Å²) in [6, 6.07) is 8.91. The number of rotatable bonds is 7. The fourth-order valence-electron chi connectivity index (χ4n) is 4.24. The average molecular weight is 481 g/mol. The van der Waals surface area contributed by atoms with E-state index in [0.29, 0.717) is 12.8 Å². The van der Waals surface area contributed by atoms with Crippen molar-refractivity contribution in [3.05, 3.63) is 60.4 Å². The Morgan fingerprint density at radius 1 is 1.15 bits per heavy atom. The lowest BCUT2D eigenvalue weighted by molar-refractivity contribution is -0.0494. The number of aromatic nitrogens is 3. The second-order valence-electron chi connectivity index (χ2n) is 7.94. The van der Waals surface area contributed by atoms with Crippen LogP contribution in [0, 0.1) is 12.7 Å². The Labute approximate surface area is 189 Å². The lowest BCUT2D eigenvalue weighted by atomic mass is 9.91. The molecule has 0 amide bonds. The number of hydrogen-bond donors (Lipinski definition) is 1. The highest BCUT2D eigenvalue weighted by Crippen LogP contribution is 2.34. The number of nitrogens with one attached hydrogen (secondary N) is 1. The summed E-state index contributed by atoms with van der Waals surface area (Å²) in [6.45, 7) is -1.23. The van der Waals surface area contributed by atoms with Gasteiger partial charge in [-0.05, 0) is 56.9 Å². The van der Waals surface area contributed by atoms with E-state index < -0.39 is 22.5 Å². The molecule has 2 aromatic carbocycles. The Morgan fingerprint density at radius 3 is 2.64 bits per heavy atom. The minimum Gasteiger partial charge on any atom is -0.434 e. The van der Waals surface area contributed by atoms with Crippen LogP contribution in [0.1, 0.15) is 37.5 Å². The van der Waals surface area contributed by atoms with Crippen LogP contribution in [-0.2, 0) is 10.0 Å². The normalized spacial score (nSPS) is 19.1. The standard InChI is InChI=1S/C22H23F3N4O3S/c1-14-27-26-13-29(14)16-6-4-5-15(11-16)28-33(30,31)17-9-10-18(20(23)12-17)19-7-2-3-8-21(19)32-22(24)25/h2-3,7-10,12-13,15-16,22,28H,4-6,11H2,1H3/t15-,16+/m0/s1.